The van der Waals surface area contributed by atoms with Crippen LogP contribution < -0.4 is 0 Å². The number of aliphatic hydroxyl groups is 1. The molecule has 0 bridgehead atoms. The molecule has 1 aromatic rings. The Bertz CT molecular complexity index is 556. The van der Waals surface area contributed by atoms with Crippen LogP contribution in [0.15, 0.2) is 23.1 Å². The molecule has 0 aliphatic carbocycles. The van der Waals surface area contributed by atoms with E-state index in [1.165, 1.54) is 4.31 Å². The maximum atomic E-state index is 12.5. The van der Waals surface area contributed by atoms with Gasteiger partial charge in [0.1, 0.15) is 0 Å². The van der Waals surface area contributed by atoms with Crippen molar-refractivity contribution >= 4 is 10.0 Å². The number of hydrogen-bond donors (Lipinski definition) is 1. The van der Waals surface area contributed by atoms with Crippen LogP contribution in [0.4, 0.5) is 0 Å². The summed E-state index contributed by atoms with van der Waals surface area (Å²) in [5.74, 6) is 0. The van der Waals surface area contributed by atoms with Gasteiger partial charge in [-0.2, -0.15) is 0 Å². The van der Waals surface area contributed by atoms with Crippen LogP contribution in [0.5, 0.6) is 0 Å². The molecule has 21 heavy (non-hydrogen) atoms. The van der Waals surface area contributed by atoms with Gasteiger partial charge in [0, 0.05) is 13.6 Å². The second-order valence-corrected chi connectivity index (χ2v) is 7.47. The Morgan fingerprint density at radius 3 is 2.29 bits per heavy atom. The van der Waals surface area contributed by atoms with Crippen molar-refractivity contribution in [2.45, 2.75) is 31.3 Å². The molecule has 0 unspecified atom stereocenters. The molecule has 0 aromatic heterocycles. The normalized spacial score (nSPS) is 12.3. The van der Waals surface area contributed by atoms with Gasteiger partial charge in [-0.3, -0.25) is 0 Å². The zero-order valence-electron chi connectivity index (χ0n) is 13.3. The highest BCUT2D eigenvalue weighted by Crippen LogP contribution is 2.20. The molecular weight excluding hydrogens is 288 g/mol. The Hall–Kier alpha value is -0.950. The molecule has 0 aliphatic heterocycles. The Labute approximate surface area is 128 Å². The summed E-state index contributed by atoms with van der Waals surface area (Å²) in [7, 11) is 2.03. The van der Waals surface area contributed by atoms with Gasteiger partial charge in [-0.15, -0.1) is 0 Å². The van der Waals surface area contributed by atoms with E-state index in [1.54, 1.807) is 25.2 Å². The van der Waals surface area contributed by atoms with Crippen molar-refractivity contribution in [2.24, 2.45) is 0 Å². The van der Waals surface area contributed by atoms with Crippen LogP contribution in [-0.4, -0.2) is 57.0 Å². The molecule has 6 heteroatoms. The third-order valence-electron chi connectivity index (χ3n) is 3.52. The van der Waals surface area contributed by atoms with E-state index in [1.807, 2.05) is 25.9 Å². The van der Waals surface area contributed by atoms with Crippen LogP contribution in [-0.2, 0) is 23.1 Å². The van der Waals surface area contributed by atoms with Gasteiger partial charge >= 0.3 is 0 Å². The number of benzene rings is 1. The number of hydrogen-bond acceptors (Lipinski definition) is 4. The zero-order valence-corrected chi connectivity index (χ0v) is 14.2. The summed E-state index contributed by atoms with van der Waals surface area (Å²) in [6.07, 6.45) is 1.55. The van der Waals surface area contributed by atoms with E-state index < -0.39 is 10.0 Å². The van der Waals surface area contributed by atoms with Gasteiger partial charge in [-0.1, -0.05) is 13.0 Å². The minimum Gasteiger partial charge on any atom is -0.392 e. The maximum Gasteiger partial charge on any atom is 0.242 e. The number of rotatable bonds is 8. The summed E-state index contributed by atoms with van der Waals surface area (Å²) in [6, 6.07) is 4.98. The maximum absolute atomic E-state index is 12.5. The van der Waals surface area contributed by atoms with Crippen LogP contribution in [0.3, 0.4) is 0 Å². The van der Waals surface area contributed by atoms with E-state index >= 15 is 0 Å². The van der Waals surface area contributed by atoms with Gasteiger partial charge < -0.3 is 10.0 Å². The van der Waals surface area contributed by atoms with Crippen molar-refractivity contribution < 1.29 is 13.5 Å². The van der Waals surface area contributed by atoms with Crippen molar-refractivity contribution in [3.05, 3.63) is 29.3 Å². The van der Waals surface area contributed by atoms with E-state index in [0.717, 1.165) is 24.9 Å². The van der Waals surface area contributed by atoms with Crippen LogP contribution >= 0.6 is 0 Å². The average Bonchev–Trinajstić information content (AvgIpc) is 2.45. The van der Waals surface area contributed by atoms with Crippen LogP contribution in [0, 0.1) is 0 Å². The summed E-state index contributed by atoms with van der Waals surface area (Å²) in [5.41, 5.74) is 1.66. The molecule has 0 saturated heterocycles. The van der Waals surface area contributed by atoms with E-state index in [-0.39, 0.29) is 11.5 Å². The lowest BCUT2D eigenvalue weighted by Crippen LogP contribution is -2.30. The first-order chi connectivity index (χ1) is 9.82. The van der Waals surface area contributed by atoms with Crippen LogP contribution in [0.1, 0.15) is 24.5 Å². The van der Waals surface area contributed by atoms with Crippen LogP contribution in [0.25, 0.3) is 0 Å². The second-order valence-electron chi connectivity index (χ2n) is 5.43. The molecule has 0 spiro atoms. The van der Waals surface area contributed by atoms with Gasteiger partial charge in [0.25, 0.3) is 0 Å². The van der Waals surface area contributed by atoms with Gasteiger partial charge in [0.2, 0.25) is 10.0 Å². The fourth-order valence-corrected chi connectivity index (χ4v) is 3.43. The third kappa shape index (κ3) is 4.78. The molecule has 0 atom stereocenters. The number of aliphatic hydroxyl groups excluding tert-OH is 1. The molecule has 1 rings (SSSR count). The van der Waals surface area contributed by atoms with Gasteiger partial charge in [-0.25, -0.2) is 12.7 Å². The molecule has 0 radical (unpaired) electrons. The first-order valence-corrected chi connectivity index (χ1v) is 8.60. The van der Waals surface area contributed by atoms with Crippen molar-refractivity contribution in [3.8, 4) is 0 Å². The molecule has 0 aliphatic rings. The van der Waals surface area contributed by atoms with Crippen molar-refractivity contribution in [2.75, 3.05) is 34.2 Å². The molecule has 1 aromatic carbocycles. The zero-order chi connectivity index (χ0) is 16.0. The first kappa shape index (κ1) is 18.1. The minimum atomic E-state index is -3.49. The molecule has 1 N–H and O–H groups in total. The highest BCUT2D eigenvalue weighted by atomic mass is 32.2. The third-order valence-corrected chi connectivity index (χ3v) is 5.37. The fraction of sp³-hybridized carbons (Fsp3) is 0.600. The molecule has 120 valence electrons. The number of sulfonamides is 1. The number of aryl methyl sites for hydroxylation is 1. The summed E-state index contributed by atoms with van der Waals surface area (Å²) in [6.45, 7) is 3.16. The van der Waals surface area contributed by atoms with E-state index in [0.29, 0.717) is 12.1 Å². The monoisotopic (exact) mass is 314 g/mol. The van der Waals surface area contributed by atoms with E-state index in [9.17, 15) is 13.5 Å². The molecule has 0 heterocycles. The molecule has 5 nitrogen and oxygen atoms in total. The molecule has 0 saturated carbocycles. The predicted molar refractivity (Wildman–Crippen MR) is 84.7 cm³/mol. The van der Waals surface area contributed by atoms with Crippen molar-refractivity contribution in [1.29, 1.82) is 0 Å². The van der Waals surface area contributed by atoms with E-state index in [4.69, 9.17) is 0 Å². The highest BCUT2D eigenvalue weighted by molar-refractivity contribution is 7.89. The van der Waals surface area contributed by atoms with Crippen molar-refractivity contribution in [1.82, 2.24) is 9.21 Å². The first-order valence-electron chi connectivity index (χ1n) is 7.16. The quantitative estimate of drug-likeness (QED) is 0.786. The van der Waals surface area contributed by atoms with E-state index in [2.05, 4.69) is 0 Å². The highest BCUT2D eigenvalue weighted by Gasteiger charge is 2.21. The lowest BCUT2D eigenvalue weighted by molar-refractivity contribution is 0.280. The molecule has 0 fully saturated rings. The number of nitrogens with zero attached hydrogens (tertiary/aromatic N) is 2. The second kappa shape index (κ2) is 7.89. The lowest BCUT2D eigenvalue weighted by Gasteiger charge is -2.19. The van der Waals surface area contributed by atoms with Gasteiger partial charge in [0.15, 0.2) is 0 Å². The lowest BCUT2D eigenvalue weighted by atomic mass is 10.1. The summed E-state index contributed by atoms with van der Waals surface area (Å²) in [4.78, 5) is 2.27. The summed E-state index contributed by atoms with van der Waals surface area (Å²) < 4.78 is 26.4. The Balaban J connectivity index is 2.91. The SMILES string of the molecule is CCc1ccc(S(=O)(=O)N(C)CCCN(C)C)cc1CO. The topological polar surface area (TPSA) is 60.9 Å². The average molecular weight is 314 g/mol. The summed E-state index contributed by atoms with van der Waals surface area (Å²) in [5, 5.41) is 9.37. The van der Waals surface area contributed by atoms with Crippen molar-refractivity contribution in [3.63, 3.8) is 0 Å². The Kier molecular flexibility index (Phi) is 6.80. The molecule has 0 amide bonds. The minimum absolute atomic E-state index is 0.142. The van der Waals surface area contributed by atoms with Crippen LogP contribution in [0.2, 0.25) is 0 Å². The fourth-order valence-electron chi connectivity index (χ4n) is 2.16. The Morgan fingerprint density at radius 2 is 1.76 bits per heavy atom. The standard InChI is InChI=1S/C15H26N2O3S/c1-5-13-7-8-15(11-14(13)12-18)21(19,20)17(4)10-6-9-16(2)3/h7-8,11,18H,5-6,9-10,12H2,1-4H3. The van der Waals surface area contributed by atoms with Gasteiger partial charge in [-0.05, 0) is 56.7 Å². The molecular formula is C15H26N2O3S. The smallest absolute Gasteiger partial charge is 0.242 e. The Morgan fingerprint density at radius 1 is 1.10 bits per heavy atom. The van der Waals surface area contributed by atoms with Gasteiger partial charge in [0.05, 0.1) is 11.5 Å². The largest absolute Gasteiger partial charge is 0.392 e. The summed E-state index contributed by atoms with van der Waals surface area (Å²) >= 11 is 0. The predicted octanol–water partition coefficient (Wildman–Crippen LogP) is 1.31.